The van der Waals surface area contributed by atoms with Gasteiger partial charge in [0.1, 0.15) is 5.75 Å². The lowest BCUT2D eigenvalue weighted by Crippen LogP contribution is -2.04. The standard InChI is InChI=1S/C8H11O4P/c1-2-12-7-4-3-5-8(6-7)13(9,10)11/h3-6H,2H2,1H3,(H2,9,10,11). The molecule has 0 aliphatic carbocycles. The fourth-order valence-electron chi connectivity index (χ4n) is 0.921. The highest BCUT2D eigenvalue weighted by molar-refractivity contribution is 7.60. The van der Waals surface area contributed by atoms with Gasteiger partial charge in [-0.1, -0.05) is 6.07 Å². The van der Waals surface area contributed by atoms with Crippen LogP contribution in [0.3, 0.4) is 0 Å². The third-order valence-corrected chi connectivity index (χ3v) is 2.42. The third-order valence-electron chi connectivity index (χ3n) is 1.46. The van der Waals surface area contributed by atoms with Crippen LogP contribution in [0.15, 0.2) is 24.3 Å². The van der Waals surface area contributed by atoms with Gasteiger partial charge in [0.2, 0.25) is 0 Å². The van der Waals surface area contributed by atoms with Crippen molar-refractivity contribution < 1.29 is 19.1 Å². The molecule has 13 heavy (non-hydrogen) atoms. The molecule has 0 atom stereocenters. The van der Waals surface area contributed by atoms with Crippen LogP contribution in [0.25, 0.3) is 0 Å². The van der Waals surface area contributed by atoms with E-state index in [1.807, 2.05) is 6.92 Å². The quantitative estimate of drug-likeness (QED) is 0.714. The van der Waals surface area contributed by atoms with Crippen LogP contribution in [0.4, 0.5) is 0 Å². The Morgan fingerprint density at radius 2 is 2.15 bits per heavy atom. The highest BCUT2D eigenvalue weighted by Crippen LogP contribution is 2.33. The van der Waals surface area contributed by atoms with E-state index >= 15 is 0 Å². The molecule has 0 aliphatic heterocycles. The molecule has 0 spiro atoms. The van der Waals surface area contributed by atoms with E-state index < -0.39 is 7.60 Å². The van der Waals surface area contributed by atoms with Crippen LogP contribution in [0.1, 0.15) is 6.92 Å². The summed E-state index contributed by atoms with van der Waals surface area (Å²) >= 11 is 0. The maximum absolute atomic E-state index is 10.8. The molecule has 0 saturated carbocycles. The lowest BCUT2D eigenvalue weighted by atomic mass is 10.3. The number of ether oxygens (including phenoxy) is 1. The Bertz CT molecular complexity index is 331. The molecular weight excluding hydrogens is 191 g/mol. The average molecular weight is 202 g/mol. The fourth-order valence-corrected chi connectivity index (χ4v) is 1.50. The van der Waals surface area contributed by atoms with Crippen LogP contribution in [0.2, 0.25) is 0 Å². The molecule has 0 aromatic heterocycles. The second-order valence-electron chi connectivity index (χ2n) is 2.47. The lowest BCUT2D eigenvalue weighted by Gasteiger charge is -2.06. The normalized spacial score (nSPS) is 11.3. The smallest absolute Gasteiger partial charge is 0.356 e. The summed E-state index contributed by atoms with van der Waals surface area (Å²) in [7, 11) is -4.15. The van der Waals surface area contributed by atoms with Gasteiger partial charge in [-0.15, -0.1) is 0 Å². The zero-order chi connectivity index (χ0) is 9.90. The van der Waals surface area contributed by atoms with Crippen LogP contribution < -0.4 is 10.0 Å². The van der Waals surface area contributed by atoms with Crippen molar-refractivity contribution >= 4 is 12.9 Å². The first-order chi connectivity index (χ1) is 6.04. The summed E-state index contributed by atoms with van der Waals surface area (Å²) in [4.78, 5) is 17.7. The summed E-state index contributed by atoms with van der Waals surface area (Å²) in [6, 6.07) is 5.94. The van der Waals surface area contributed by atoms with Crippen molar-refractivity contribution in [2.45, 2.75) is 6.92 Å². The predicted molar refractivity (Wildman–Crippen MR) is 49.3 cm³/mol. The summed E-state index contributed by atoms with van der Waals surface area (Å²) in [6.07, 6.45) is 0. The molecule has 1 rings (SSSR count). The Labute approximate surface area is 76.3 Å². The molecule has 0 saturated heterocycles. The van der Waals surface area contributed by atoms with E-state index in [4.69, 9.17) is 14.5 Å². The second kappa shape index (κ2) is 3.92. The summed E-state index contributed by atoms with van der Waals surface area (Å²) in [5, 5.41) is -0.0153. The molecular formula is C8H11O4P. The minimum absolute atomic E-state index is 0.0153. The van der Waals surface area contributed by atoms with Gasteiger partial charge in [-0.25, -0.2) is 0 Å². The van der Waals surface area contributed by atoms with Crippen molar-refractivity contribution in [2.24, 2.45) is 0 Å². The van der Waals surface area contributed by atoms with Crippen LogP contribution in [0.5, 0.6) is 5.75 Å². The van der Waals surface area contributed by atoms with E-state index in [1.165, 1.54) is 12.1 Å². The molecule has 0 bridgehead atoms. The predicted octanol–water partition coefficient (Wildman–Crippen LogP) is 0.888. The van der Waals surface area contributed by atoms with Gasteiger partial charge in [0.05, 0.1) is 11.9 Å². The van der Waals surface area contributed by atoms with Crippen molar-refractivity contribution in [3.63, 3.8) is 0 Å². The van der Waals surface area contributed by atoms with Crippen molar-refractivity contribution in [3.8, 4) is 5.75 Å². The van der Waals surface area contributed by atoms with Crippen LogP contribution in [0, 0.1) is 0 Å². The van der Waals surface area contributed by atoms with Gasteiger partial charge >= 0.3 is 7.60 Å². The lowest BCUT2D eigenvalue weighted by molar-refractivity contribution is 0.340. The van der Waals surface area contributed by atoms with Gasteiger partial charge in [0, 0.05) is 0 Å². The molecule has 0 unspecified atom stereocenters. The Balaban J connectivity index is 2.99. The topological polar surface area (TPSA) is 66.8 Å². The number of hydrogen-bond acceptors (Lipinski definition) is 2. The molecule has 0 fully saturated rings. The number of hydrogen-bond donors (Lipinski definition) is 2. The minimum atomic E-state index is -4.15. The number of benzene rings is 1. The maximum Gasteiger partial charge on any atom is 0.356 e. The van der Waals surface area contributed by atoms with E-state index in [-0.39, 0.29) is 5.30 Å². The largest absolute Gasteiger partial charge is 0.494 e. The second-order valence-corrected chi connectivity index (χ2v) is 4.08. The average Bonchev–Trinajstić information content (AvgIpc) is 2.04. The van der Waals surface area contributed by atoms with Crippen molar-refractivity contribution in [1.29, 1.82) is 0 Å². The van der Waals surface area contributed by atoms with E-state index in [2.05, 4.69) is 0 Å². The first kappa shape index (κ1) is 10.3. The molecule has 0 aliphatic rings. The molecule has 5 heteroatoms. The van der Waals surface area contributed by atoms with Crippen molar-refractivity contribution in [1.82, 2.24) is 0 Å². The molecule has 1 aromatic carbocycles. The van der Waals surface area contributed by atoms with Gasteiger partial charge in [-0.2, -0.15) is 0 Å². The molecule has 0 heterocycles. The van der Waals surface area contributed by atoms with Crippen LogP contribution >= 0.6 is 7.60 Å². The first-order valence-electron chi connectivity index (χ1n) is 3.83. The first-order valence-corrected chi connectivity index (χ1v) is 5.44. The van der Waals surface area contributed by atoms with Gasteiger partial charge in [-0.05, 0) is 25.1 Å². The zero-order valence-corrected chi connectivity index (χ0v) is 8.07. The maximum atomic E-state index is 10.8. The zero-order valence-electron chi connectivity index (χ0n) is 7.17. The molecule has 2 N–H and O–H groups in total. The highest BCUT2D eigenvalue weighted by atomic mass is 31.2. The molecule has 1 aromatic rings. The van der Waals surface area contributed by atoms with Gasteiger partial charge in [-0.3, -0.25) is 4.57 Å². The van der Waals surface area contributed by atoms with E-state index in [0.29, 0.717) is 12.4 Å². The monoisotopic (exact) mass is 202 g/mol. The van der Waals surface area contributed by atoms with Gasteiger partial charge < -0.3 is 14.5 Å². The SMILES string of the molecule is CCOc1cccc(P(=O)(O)O)c1. The van der Waals surface area contributed by atoms with E-state index in [0.717, 1.165) is 0 Å². The minimum Gasteiger partial charge on any atom is -0.494 e. The Kier molecular flexibility index (Phi) is 3.09. The summed E-state index contributed by atoms with van der Waals surface area (Å²) in [6.45, 7) is 2.29. The van der Waals surface area contributed by atoms with Crippen LogP contribution in [-0.4, -0.2) is 16.4 Å². The molecule has 4 nitrogen and oxygen atoms in total. The highest BCUT2D eigenvalue weighted by Gasteiger charge is 2.16. The Morgan fingerprint density at radius 1 is 1.46 bits per heavy atom. The van der Waals surface area contributed by atoms with Crippen molar-refractivity contribution in [3.05, 3.63) is 24.3 Å². The third kappa shape index (κ3) is 2.84. The molecule has 0 radical (unpaired) electrons. The summed E-state index contributed by atoms with van der Waals surface area (Å²) < 4.78 is 15.9. The summed E-state index contributed by atoms with van der Waals surface area (Å²) in [5.41, 5.74) is 0. The fraction of sp³-hybridized carbons (Fsp3) is 0.250. The van der Waals surface area contributed by atoms with E-state index in [1.54, 1.807) is 12.1 Å². The summed E-state index contributed by atoms with van der Waals surface area (Å²) in [5.74, 6) is 0.475. The van der Waals surface area contributed by atoms with Crippen LogP contribution in [-0.2, 0) is 4.57 Å². The Morgan fingerprint density at radius 3 is 2.69 bits per heavy atom. The molecule has 0 amide bonds. The van der Waals surface area contributed by atoms with Crippen molar-refractivity contribution in [2.75, 3.05) is 6.61 Å². The van der Waals surface area contributed by atoms with E-state index in [9.17, 15) is 4.57 Å². The number of rotatable bonds is 3. The van der Waals surface area contributed by atoms with Gasteiger partial charge in [0.25, 0.3) is 0 Å². The van der Waals surface area contributed by atoms with Gasteiger partial charge in [0.15, 0.2) is 0 Å². The Hall–Kier alpha value is -0.830. The molecule has 72 valence electrons.